The molecule has 2 nitrogen and oxygen atoms in total. The second-order valence-electron chi connectivity index (χ2n) is 3.57. The molecule has 0 aliphatic carbocycles. The van der Waals surface area contributed by atoms with E-state index in [4.69, 9.17) is 9.84 Å². The van der Waals surface area contributed by atoms with Crippen molar-refractivity contribution in [1.29, 1.82) is 0 Å². The molecule has 0 bridgehead atoms. The van der Waals surface area contributed by atoms with Gasteiger partial charge in [-0.1, -0.05) is 13.8 Å². The van der Waals surface area contributed by atoms with Gasteiger partial charge in [-0.05, 0) is 18.8 Å². The monoisotopic (exact) mass is 146 g/mol. The molecular formula is C8H18O2. The minimum Gasteiger partial charge on any atom is -0.396 e. The Labute approximate surface area is 63.2 Å². The van der Waals surface area contributed by atoms with Crippen molar-refractivity contribution in [3.63, 3.8) is 0 Å². The molecule has 1 N–H and O–H groups in total. The fraction of sp³-hybridized carbons (Fsp3) is 1.00. The minimum absolute atomic E-state index is 0.00454. The Hall–Kier alpha value is -0.0800. The number of rotatable bonds is 4. The van der Waals surface area contributed by atoms with E-state index in [2.05, 4.69) is 0 Å². The first kappa shape index (κ1) is 9.92. The smallest absolute Gasteiger partial charge is 0.0549 e. The van der Waals surface area contributed by atoms with Crippen molar-refractivity contribution in [2.24, 2.45) is 5.41 Å². The number of hydrogen-bond acceptors (Lipinski definition) is 2. The zero-order chi connectivity index (χ0) is 8.20. The van der Waals surface area contributed by atoms with Gasteiger partial charge in [-0.3, -0.25) is 0 Å². The Morgan fingerprint density at radius 2 is 2.00 bits per heavy atom. The molecule has 0 heterocycles. The lowest BCUT2D eigenvalue weighted by molar-refractivity contribution is 0.0499. The standard InChI is InChI=1S/C8H18O2/c1-7(10-4)5-8(2,3)6-9/h7,9H,5-6H2,1-4H3. The van der Waals surface area contributed by atoms with Crippen LogP contribution in [0.3, 0.4) is 0 Å². The molecule has 0 aliphatic rings. The summed E-state index contributed by atoms with van der Waals surface area (Å²) in [6, 6.07) is 0. The molecule has 0 saturated carbocycles. The highest BCUT2D eigenvalue weighted by atomic mass is 16.5. The van der Waals surface area contributed by atoms with E-state index in [1.807, 2.05) is 20.8 Å². The van der Waals surface area contributed by atoms with Crippen LogP contribution in [-0.4, -0.2) is 24.9 Å². The van der Waals surface area contributed by atoms with Crippen LogP contribution in [0.2, 0.25) is 0 Å². The Morgan fingerprint density at radius 3 is 2.30 bits per heavy atom. The van der Waals surface area contributed by atoms with E-state index in [0.29, 0.717) is 0 Å². The molecule has 0 aliphatic heterocycles. The normalized spacial score (nSPS) is 15.3. The molecule has 0 fully saturated rings. The molecule has 0 amide bonds. The SMILES string of the molecule is COC(C)CC(C)(C)CO. The van der Waals surface area contributed by atoms with Crippen LogP contribution in [0, 0.1) is 5.41 Å². The van der Waals surface area contributed by atoms with Gasteiger partial charge < -0.3 is 9.84 Å². The molecule has 0 aromatic rings. The molecule has 0 radical (unpaired) electrons. The van der Waals surface area contributed by atoms with Crippen LogP contribution < -0.4 is 0 Å². The summed E-state index contributed by atoms with van der Waals surface area (Å²) in [4.78, 5) is 0. The van der Waals surface area contributed by atoms with Gasteiger partial charge in [0.2, 0.25) is 0 Å². The maximum absolute atomic E-state index is 8.88. The number of aliphatic hydroxyl groups is 1. The topological polar surface area (TPSA) is 29.5 Å². The van der Waals surface area contributed by atoms with Crippen molar-refractivity contribution in [3.8, 4) is 0 Å². The largest absolute Gasteiger partial charge is 0.396 e. The van der Waals surface area contributed by atoms with Crippen molar-refractivity contribution in [2.45, 2.75) is 33.3 Å². The Bertz CT molecular complexity index is 89.3. The zero-order valence-electron chi connectivity index (χ0n) is 7.35. The highest BCUT2D eigenvalue weighted by Gasteiger charge is 2.19. The fourth-order valence-electron chi connectivity index (χ4n) is 0.926. The van der Waals surface area contributed by atoms with Crippen LogP contribution in [0.4, 0.5) is 0 Å². The number of hydrogen-bond donors (Lipinski definition) is 1. The van der Waals surface area contributed by atoms with E-state index < -0.39 is 0 Å². The van der Waals surface area contributed by atoms with E-state index >= 15 is 0 Å². The highest BCUT2D eigenvalue weighted by molar-refractivity contribution is 4.69. The Morgan fingerprint density at radius 1 is 1.50 bits per heavy atom. The third kappa shape index (κ3) is 3.85. The maximum atomic E-state index is 8.88. The predicted octanol–water partition coefficient (Wildman–Crippen LogP) is 1.43. The lowest BCUT2D eigenvalue weighted by Crippen LogP contribution is -2.23. The first-order chi connectivity index (χ1) is 4.52. The molecule has 1 atom stereocenters. The van der Waals surface area contributed by atoms with Crippen molar-refractivity contribution in [1.82, 2.24) is 0 Å². The van der Waals surface area contributed by atoms with Crippen molar-refractivity contribution < 1.29 is 9.84 Å². The molecule has 1 unspecified atom stereocenters. The molecule has 0 saturated heterocycles. The van der Waals surface area contributed by atoms with Gasteiger partial charge in [0.25, 0.3) is 0 Å². The highest BCUT2D eigenvalue weighted by Crippen LogP contribution is 2.21. The van der Waals surface area contributed by atoms with Gasteiger partial charge in [0.15, 0.2) is 0 Å². The summed E-state index contributed by atoms with van der Waals surface area (Å²) in [5, 5.41) is 8.88. The first-order valence-electron chi connectivity index (χ1n) is 3.65. The number of aliphatic hydroxyl groups excluding tert-OH is 1. The van der Waals surface area contributed by atoms with Crippen LogP contribution in [0.15, 0.2) is 0 Å². The third-order valence-corrected chi connectivity index (χ3v) is 1.67. The molecule has 62 valence electrons. The Balaban J connectivity index is 3.64. The summed E-state index contributed by atoms with van der Waals surface area (Å²) in [5.74, 6) is 0. The van der Waals surface area contributed by atoms with Crippen LogP contribution >= 0.6 is 0 Å². The second kappa shape index (κ2) is 3.94. The van der Waals surface area contributed by atoms with Crippen molar-refractivity contribution in [3.05, 3.63) is 0 Å². The Kier molecular flexibility index (Phi) is 3.91. The van der Waals surface area contributed by atoms with Gasteiger partial charge in [-0.2, -0.15) is 0 Å². The minimum atomic E-state index is -0.00454. The van der Waals surface area contributed by atoms with Gasteiger partial charge in [-0.15, -0.1) is 0 Å². The van der Waals surface area contributed by atoms with Crippen molar-refractivity contribution >= 4 is 0 Å². The van der Waals surface area contributed by atoms with Crippen LogP contribution in [0.5, 0.6) is 0 Å². The van der Waals surface area contributed by atoms with Crippen LogP contribution in [0.25, 0.3) is 0 Å². The summed E-state index contributed by atoms with van der Waals surface area (Å²) >= 11 is 0. The first-order valence-corrected chi connectivity index (χ1v) is 3.65. The molecule has 2 heteroatoms. The molecule has 10 heavy (non-hydrogen) atoms. The molecule has 0 aromatic carbocycles. The van der Waals surface area contributed by atoms with Gasteiger partial charge in [0, 0.05) is 13.7 Å². The molecule has 0 aromatic heterocycles. The molecule has 0 spiro atoms. The zero-order valence-corrected chi connectivity index (χ0v) is 7.35. The molecular weight excluding hydrogens is 128 g/mol. The number of methoxy groups -OCH3 is 1. The van der Waals surface area contributed by atoms with Crippen LogP contribution in [-0.2, 0) is 4.74 Å². The quantitative estimate of drug-likeness (QED) is 0.650. The summed E-state index contributed by atoms with van der Waals surface area (Å²) in [5.41, 5.74) is -0.00454. The summed E-state index contributed by atoms with van der Waals surface area (Å²) in [6.45, 7) is 6.29. The van der Waals surface area contributed by atoms with E-state index in [9.17, 15) is 0 Å². The van der Waals surface area contributed by atoms with Gasteiger partial charge in [0.1, 0.15) is 0 Å². The summed E-state index contributed by atoms with van der Waals surface area (Å²) < 4.78 is 5.08. The average molecular weight is 146 g/mol. The van der Waals surface area contributed by atoms with E-state index in [-0.39, 0.29) is 18.1 Å². The second-order valence-corrected chi connectivity index (χ2v) is 3.57. The average Bonchev–Trinajstić information content (AvgIpc) is 1.87. The predicted molar refractivity (Wildman–Crippen MR) is 42.0 cm³/mol. The van der Waals surface area contributed by atoms with E-state index in [1.165, 1.54) is 0 Å². The lowest BCUT2D eigenvalue weighted by Gasteiger charge is -2.24. The molecule has 0 rings (SSSR count). The summed E-state index contributed by atoms with van der Waals surface area (Å²) in [7, 11) is 1.69. The van der Waals surface area contributed by atoms with E-state index in [1.54, 1.807) is 7.11 Å². The summed E-state index contributed by atoms with van der Waals surface area (Å²) in [6.07, 6.45) is 1.14. The van der Waals surface area contributed by atoms with Crippen LogP contribution in [0.1, 0.15) is 27.2 Å². The van der Waals surface area contributed by atoms with Crippen molar-refractivity contribution in [2.75, 3.05) is 13.7 Å². The van der Waals surface area contributed by atoms with E-state index in [0.717, 1.165) is 6.42 Å². The lowest BCUT2D eigenvalue weighted by atomic mass is 9.88. The maximum Gasteiger partial charge on any atom is 0.0549 e. The third-order valence-electron chi connectivity index (χ3n) is 1.67. The van der Waals surface area contributed by atoms with Gasteiger partial charge in [0.05, 0.1) is 6.10 Å². The van der Waals surface area contributed by atoms with Gasteiger partial charge >= 0.3 is 0 Å². The number of ether oxygens (including phenoxy) is 1. The van der Waals surface area contributed by atoms with Gasteiger partial charge in [-0.25, -0.2) is 0 Å². The fourth-order valence-corrected chi connectivity index (χ4v) is 0.926.